The summed E-state index contributed by atoms with van der Waals surface area (Å²) in [6.07, 6.45) is 0. The molecule has 5 nitrogen and oxygen atoms in total. The Kier molecular flexibility index (Phi) is 4.00. The molecular weight excluding hydrogens is 228 g/mol. The number of nitrogens with zero attached hydrogens (tertiary/aromatic N) is 2. The normalized spacial score (nSPS) is 12.2. The summed E-state index contributed by atoms with van der Waals surface area (Å²) in [6.45, 7) is 3.54. The molecule has 1 aromatic heterocycles. The molecule has 0 spiro atoms. The zero-order chi connectivity index (χ0) is 12.3. The first-order chi connectivity index (χ1) is 7.43. The minimum atomic E-state index is -0.902. The Hall–Kier alpha value is -1.43. The maximum atomic E-state index is 11.9. The highest BCUT2D eigenvalue weighted by molar-refractivity contribution is 7.11. The van der Waals surface area contributed by atoms with Gasteiger partial charge >= 0.3 is 5.97 Å². The fourth-order valence-electron chi connectivity index (χ4n) is 1.25. The third kappa shape index (κ3) is 2.79. The van der Waals surface area contributed by atoms with Gasteiger partial charge in [0.15, 0.2) is 0 Å². The van der Waals surface area contributed by atoms with Gasteiger partial charge in [-0.15, -0.1) is 11.3 Å². The summed E-state index contributed by atoms with van der Waals surface area (Å²) in [5.74, 6) is -1.64. The smallest absolute Gasteiger partial charge is 0.308 e. The van der Waals surface area contributed by atoms with Crippen LogP contribution in [0, 0.1) is 12.8 Å². The van der Waals surface area contributed by atoms with E-state index >= 15 is 0 Å². The van der Waals surface area contributed by atoms with E-state index in [0.717, 1.165) is 0 Å². The molecule has 88 valence electrons. The Morgan fingerprint density at radius 3 is 2.69 bits per heavy atom. The molecule has 0 saturated heterocycles. The van der Waals surface area contributed by atoms with Crippen LogP contribution >= 0.6 is 11.3 Å². The summed E-state index contributed by atoms with van der Waals surface area (Å²) < 4.78 is 0. The van der Waals surface area contributed by atoms with Gasteiger partial charge in [-0.2, -0.15) is 0 Å². The highest BCUT2D eigenvalue weighted by Crippen LogP contribution is 2.15. The molecule has 0 aliphatic rings. The summed E-state index contributed by atoms with van der Waals surface area (Å²) >= 11 is 1.27. The molecule has 0 aliphatic heterocycles. The average Bonchev–Trinajstić information content (AvgIpc) is 2.62. The molecule has 1 heterocycles. The van der Waals surface area contributed by atoms with Crippen molar-refractivity contribution in [2.24, 2.45) is 5.92 Å². The fraction of sp³-hybridized carbons (Fsp3) is 0.500. The average molecular weight is 242 g/mol. The highest BCUT2D eigenvalue weighted by atomic mass is 32.1. The number of aryl methyl sites for hydroxylation is 1. The number of carbonyl (C=O) groups is 2. The number of carboxylic acid groups (broad SMARTS) is 1. The second kappa shape index (κ2) is 5.07. The van der Waals surface area contributed by atoms with Crippen molar-refractivity contribution in [2.75, 3.05) is 13.6 Å². The molecule has 0 radical (unpaired) electrons. The maximum Gasteiger partial charge on any atom is 0.308 e. The van der Waals surface area contributed by atoms with Gasteiger partial charge < -0.3 is 10.0 Å². The first-order valence-corrected chi connectivity index (χ1v) is 5.69. The van der Waals surface area contributed by atoms with Gasteiger partial charge in [-0.05, 0) is 6.92 Å². The van der Waals surface area contributed by atoms with Crippen LogP contribution in [0.2, 0.25) is 0 Å². The number of carbonyl (C=O) groups excluding carboxylic acids is 1. The first kappa shape index (κ1) is 12.6. The van der Waals surface area contributed by atoms with Crippen LogP contribution in [0.4, 0.5) is 0 Å². The van der Waals surface area contributed by atoms with E-state index in [2.05, 4.69) is 4.98 Å². The van der Waals surface area contributed by atoms with Crippen LogP contribution in [0.1, 0.15) is 22.3 Å². The molecule has 1 atom stereocenters. The van der Waals surface area contributed by atoms with Crippen LogP contribution in [0.3, 0.4) is 0 Å². The Bertz CT molecular complexity index is 403. The number of thiazole rings is 1. The van der Waals surface area contributed by atoms with Crippen molar-refractivity contribution in [2.45, 2.75) is 13.8 Å². The van der Waals surface area contributed by atoms with E-state index in [1.165, 1.54) is 16.2 Å². The minimum Gasteiger partial charge on any atom is -0.481 e. The number of hydrogen-bond donors (Lipinski definition) is 1. The van der Waals surface area contributed by atoms with E-state index in [0.29, 0.717) is 10.6 Å². The van der Waals surface area contributed by atoms with Crippen molar-refractivity contribution in [1.29, 1.82) is 0 Å². The Morgan fingerprint density at radius 2 is 2.25 bits per heavy atom. The summed E-state index contributed by atoms with van der Waals surface area (Å²) in [5.41, 5.74) is 2.29. The molecule has 0 fully saturated rings. The van der Waals surface area contributed by atoms with Crippen molar-refractivity contribution in [3.63, 3.8) is 0 Å². The number of aliphatic carboxylic acids is 1. The predicted octanol–water partition coefficient (Wildman–Crippen LogP) is 1.24. The van der Waals surface area contributed by atoms with Crippen LogP contribution in [-0.2, 0) is 4.79 Å². The van der Waals surface area contributed by atoms with Crippen molar-refractivity contribution >= 4 is 23.2 Å². The lowest BCUT2D eigenvalue weighted by Gasteiger charge is -2.18. The Morgan fingerprint density at radius 1 is 1.62 bits per heavy atom. The van der Waals surface area contributed by atoms with Crippen molar-refractivity contribution in [1.82, 2.24) is 9.88 Å². The SMILES string of the molecule is Cc1ncsc1C(=O)N(C)CC(C)C(=O)O. The summed E-state index contributed by atoms with van der Waals surface area (Å²) in [7, 11) is 1.60. The Balaban J connectivity index is 2.69. The lowest BCUT2D eigenvalue weighted by atomic mass is 10.2. The molecular formula is C10H14N2O3S. The summed E-state index contributed by atoms with van der Waals surface area (Å²) in [5, 5.41) is 8.75. The van der Waals surface area contributed by atoms with Gasteiger partial charge in [-0.1, -0.05) is 6.92 Å². The Labute approximate surface area is 97.7 Å². The second-order valence-corrected chi connectivity index (χ2v) is 4.55. The molecule has 1 unspecified atom stereocenters. The van der Waals surface area contributed by atoms with E-state index in [4.69, 9.17) is 5.11 Å². The zero-order valence-electron chi connectivity index (χ0n) is 9.43. The lowest BCUT2D eigenvalue weighted by molar-refractivity contribution is -0.141. The molecule has 16 heavy (non-hydrogen) atoms. The molecule has 1 aromatic rings. The second-order valence-electron chi connectivity index (χ2n) is 3.69. The minimum absolute atomic E-state index is 0.173. The van der Waals surface area contributed by atoms with Gasteiger partial charge in [0.25, 0.3) is 5.91 Å². The number of carboxylic acids is 1. The molecule has 6 heteroatoms. The molecule has 0 saturated carbocycles. The fourth-order valence-corrected chi connectivity index (χ4v) is 2.05. The van der Waals surface area contributed by atoms with Crippen LogP contribution < -0.4 is 0 Å². The summed E-state index contributed by atoms with van der Waals surface area (Å²) in [4.78, 5) is 28.5. The van der Waals surface area contributed by atoms with Gasteiger partial charge in [0.05, 0.1) is 17.1 Å². The topological polar surface area (TPSA) is 70.5 Å². The van der Waals surface area contributed by atoms with Gasteiger partial charge in [0.1, 0.15) is 4.88 Å². The third-order valence-electron chi connectivity index (χ3n) is 2.26. The molecule has 1 rings (SSSR count). The quantitative estimate of drug-likeness (QED) is 0.862. The summed E-state index contributed by atoms with van der Waals surface area (Å²) in [6, 6.07) is 0. The highest BCUT2D eigenvalue weighted by Gasteiger charge is 2.20. The molecule has 0 aromatic carbocycles. The predicted molar refractivity (Wildman–Crippen MR) is 60.6 cm³/mol. The number of amides is 1. The van der Waals surface area contributed by atoms with Crippen molar-refractivity contribution < 1.29 is 14.7 Å². The number of hydrogen-bond acceptors (Lipinski definition) is 4. The largest absolute Gasteiger partial charge is 0.481 e. The van der Waals surface area contributed by atoms with Crippen LogP contribution in [0.5, 0.6) is 0 Å². The van der Waals surface area contributed by atoms with Crippen molar-refractivity contribution in [3.05, 3.63) is 16.1 Å². The van der Waals surface area contributed by atoms with Gasteiger partial charge in [-0.3, -0.25) is 9.59 Å². The number of aromatic nitrogens is 1. The van der Waals surface area contributed by atoms with Gasteiger partial charge in [0.2, 0.25) is 0 Å². The third-order valence-corrected chi connectivity index (χ3v) is 3.17. The van der Waals surface area contributed by atoms with E-state index < -0.39 is 11.9 Å². The van der Waals surface area contributed by atoms with Crippen molar-refractivity contribution in [3.8, 4) is 0 Å². The first-order valence-electron chi connectivity index (χ1n) is 4.81. The maximum absolute atomic E-state index is 11.9. The van der Waals surface area contributed by atoms with Gasteiger partial charge in [-0.25, -0.2) is 4.98 Å². The van der Waals surface area contributed by atoms with Gasteiger partial charge in [0, 0.05) is 13.6 Å². The number of rotatable bonds is 4. The van der Waals surface area contributed by atoms with Crippen LogP contribution in [-0.4, -0.2) is 40.5 Å². The van der Waals surface area contributed by atoms with E-state index in [-0.39, 0.29) is 12.5 Å². The monoisotopic (exact) mass is 242 g/mol. The van der Waals surface area contributed by atoms with E-state index in [9.17, 15) is 9.59 Å². The van der Waals surface area contributed by atoms with E-state index in [1.807, 2.05) is 0 Å². The van der Waals surface area contributed by atoms with Crippen LogP contribution in [0.15, 0.2) is 5.51 Å². The molecule has 1 N–H and O–H groups in total. The van der Waals surface area contributed by atoms with Crippen LogP contribution in [0.25, 0.3) is 0 Å². The lowest BCUT2D eigenvalue weighted by Crippen LogP contribution is -2.33. The molecule has 1 amide bonds. The zero-order valence-corrected chi connectivity index (χ0v) is 10.2. The standard InChI is InChI=1S/C10H14N2O3S/c1-6(10(14)15)4-12(3)9(13)8-7(2)11-5-16-8/h5-6H,4H2,1-3H3,(H,14,15). The molecule has 0 bridgehead atoms. The van der Waals surface area contributed by atoms with E-state index in [1.54, 1.807) is 26.4 Å². The molecule has 0 aliphatic carbocycles.